The lowest BCUT2D eigenvalue weighted by molar-refractivity contribution is -0.133. The molecule has 0 aliphatic carbocycles. The van der Waals surface area contributed by atoms with Crippen molar-refractivity contribution in [2.75, 3.05) is 46.3 Å². The Morgan fingerprint density at radius 2 is 1.75 bits per heavy atom. The van der Waals surface area contributed by atoms with Crippen LogP contribution in [0, 0.1) is 5.92 Å². The zero-order valence-electron chi connectivity index (χ0n) is 21.7. The number of hydrogen-bond donors (Lipinski definition) is 1. The van der Waals surface area contributed by atoms with Gasteiger partial charge in [-0.05, 0) is 43.3 Å². The smallest absolute Gasteiger partial charge is 0.257 e. The maximum absolute atomic E-state index is 13.3. The van der Waals surface area contributed by atoms with Crippen LogP contribution in [0.1, 0.15) is 41.5 Å². The van der Waals surface area contributed by atoms with Crippen LogP contribution in [0.25, 0.3) is 0 Å². The molecule has 3 atom stereocenters. The molecule has 36 heavy (non-hydrogen) atoms. The van der Waals surface area contributed by atoms with Gasteiger partial charge in [0.1, 0.15) is 18.1 Å². The van der Waals surface area contributed by atoms with E-state index in [1.54, 1.807) is 73.5 Å². The van der Waals surface area contributed by atoms with Crippen LogP contribution < -0.4 is 14.8 Å². The second-order valence-corrected chi connectivity index (χ2v) is 9.16. The fraction of sp³-hybridized carbons (Fsp3) is 0.444. The van der Waals surface area contributed by atoms with Crippen LogP contribution in [0.2, 0.25) is 0 Å². The molecule has 2 aromatic carbocycles. The van der Waals surface area contributed by atoms with Crippen LogP contribution in [0.4, 0.5) is 5.69 Å². The third-order valence-corrected chi connectivity index (χ3v) is 6.46. The average molecular weight is 498 g/mol. The SMILES string of the molecule is COc1ccc(C(=O)Nc2ccc3c(c2)OC[C@H](C)N(C(C)=O)C[C@@H](C)[C@@H](OC)CN(C)C3=O)cc1. The summed E-state index contributed by atoms with van der Waals surface area (Å²) >= 11 is 0. The molecule has 1 aliphatic rings. The number of hydrogen-bond acceptors (Lipinski definition) is 6. The maximum Gasteiger partial charge on any atom is 0.257 e. The van der Waals surface area contributed by atoms with Crippen molar-refractivity contribution in [2.45, 2.75) is 32.9 Å². The van der Waals surface area contributed by atoms with Gasteiger partial charge in [-0.3, -0.25) is 14.4 Å². The molecule has 0 saturated carbocycles. The Morgan fingerprint density at radius 3 is 2.36 bits per heavy atom. The van der Waals surface area contributed by atoms with Gasteiger partial charge in [-0.15, -0.1) is 0 Å². The van der Waals surface area contributed by atoms with E-state index in [4.69, 9.17) is 14.2 Å². The van der Waals surface area contributed by atoms with Crippen molar-refractivity contribution in [3.63, 3.8) is 0 Å². The van der Waals surface area contributed by atoms with Crippen LogP contribution in [0.5, 0.6) is 11.5 Å². The van der Waals surface area contributed by atoms with E-state index < -0.39 is 0 Å². The largest absolute Gasteiger partial charge is 0.497 e. The van der Waals surface area contributed by atoms with Crippen molar-refractivity contribution >= 4 is 23.4 Å². The molecule has 9 heteroatoms. The molecule has 0 bridgehead atoms. The minimum Gasteiger partial charge on any atom is -0.497 e. The number of methoxy groups -OCH3 is 2. The molecule has 0 fully saturated rings. The second kappa shape index (κ2) is 11.9. The molecule has 1 N–H and O–H groups in total. The molecule has 0 unspecified atom stereocenters. The number of anilines is 1. The number of carbonyl (C=O) groups is 3. The van der Waals surface area contributed by atoms with E-state index in [0.29, 0.717) is 41.4 Å². The highest BCUT2D eigenvalue weighted by Crippen LogP contribution is 2.27. The summed E-state index contributed by atoms with van der Waals surface area (Å²) in [6.45, 7) is 6.46. The predicted molar refractivity (Wildman–Crippen MR) is 137 cm³/mol. The van der Waals surface area contributed by atoms with E-state index in [-0.39, 0.29) is 42.4 Å². The van der Waals surface area contributed by atoms with Gasteiger partial charge >= 0.3 is 0 Å². The number of fused-ring (bicyclic) bond motifs is 1. The molecule has 0 spiro atoms. The maximum atomic E-state index is 13.3. The summed E-state index contributed by atoms with van der Waals surface area (Å²) in [6.07, 6.45) is -0.250. The highest BCUT2D eigenvalue weighted by atomic mass is 16.5. The number of carbonyl (C=O) groups excluding carboxylic acids is 3. The standard InChI is InChI=1S/C27H35N3O6/c1-17-14-30(19(3)31)18(2)16-36-24-13-21(28-26(32)20-7-10-22(34-5)11-8-20)9-12-23(24)27(33)29(4)15-25(17)35-6/h7-13,17-18,25H,14-16H2,1-6H3,(H,28,32)/t17-,18+,25+/m1/s1. The van der Waals surface area contributed by atoms with Crippen molar-refractivity contribution in [1.29, 1.82) is 0 Å². The summed E-state index contributed by atoms with van der Waals surface area (Å²) in [4.78, 5) is 41.8. The Morgan fingerprint density at radius 1 is 1.06 bits per heavy atom. The van der Waals surface area contributed by atoms with Gasteiger partial charge in [0.2, 0.25) is 5.91 Å². The van der Waals surface area contributed by atoms with Crippen LogP contribution in [0.15, 0.2) is 42.5 Å². The molecule has 2 aromatic rings. The lowest BCUT2D eigenvalue weighted by Crippen LogP contribution is -2.48. The Bertz CT molecular complexity index is 1090. The van der Waals surface area contributed by atoms with Gasteiger partial charge in [-0.1, -0.05) is 6.92 Å². The second-order valence-electron chi connectivity index (χ2n) is 9.16. The highest BCUT2D eigenvalue weighted by Gasteiger charge is 2.29. The van der Waals surface area contributed by atoms with E-state index in [1.807, 2.05) is 13.8 Å². The quantitative estimate of drug-likeness (QED) is 0.696. The Hall–Kier alpha value is -3.59. The van der Waals surface area contributed by atoms with E-state index in [9.17, 15) is 14.4 Å². The number of ether oxygens (including phenoxy) is 3. The minimum absolute atomic E-state index is 0.00559. The average Bonchev–Trinajstić information content (AvgIpc) is 2.87. The van der Waals surface area contributed by atoms with Crippen LogP contribution in [-0.4, -0.2) is 80.6 Å². The zero-order valence-corrected chi connectivity index (χ0v) is 21.7. The lowest BCUT2D eigenvalue weighted by Gasteiger charge is -2.35. The van der Waals surface area contributed by atoms with E-state index >= 15 is 0 Å². The number of benzene rings is 2. The van der Waals surface area contributed by atoms with Crippen molar-refractivity contribution in [1.82, 2.24) is 9.80 Å². The lowest BCUT2D eigenvalue weighted by atomic mass is 10.0. The molecule has 3 rings (SSSR count). The van der Waals surface area contributed by atoms with E-state index in [2.05, 4.69) is 5.32 Å². The van der Waals surface area contributed by atoms with E-state index in [1.165, 1.54) is 6.92 Å². The molecule has 0 aromatic heterocycles. The first kappa shape index (κ1) is 27.0. The first-order chi connectivity index (χ1) is 17.1. The Balaban J connectivity index is 1.91. The fourth-order valence-electron chi connectivity index (χ4n) is 4.23. The molecular formula is C27H35N3O6. The Kier molecular flexibility index (Phi) is 8.93. The monoisotopic (exact) mass is 497 g/mol. The summed E-state index contributed by atoms with van der Waals surface area (Å²) < 4.78 is 16.9. The molecule has 194 valence electrons. The van der Waals surface area contributed by atoms with Gasteiger partial charge in [0.25, 0.3) is 11.8 Å². The minimum atomic E-state index is -0.303. The fourth-order valence-corrected chi connectivity index (χ4v) is 4.23. The van der Waals surface area contributed by atoms with Crippen molar-refractivity contribution in [3.8, 4) is 11.5 Å². The number of likely N-dealkylation sites (N-methyl/N-ethyl adjacent to an activating group) is 1. The van der Waals surface area contributed by atoms with Crippen LogP contribution >= 0.6 is 0 Å². The topological polar surface area (TPSA) is 97.4 Å². The third-order valence-electron chi connectivity index (χ3n) is 6.46. The molecule has 3 amide bonds. The molecule has 0 saturated heterocycles. The van der Waals surface area contributed by atoms with E-state index in [0.717, 1.165) is 0 Å². The van der Waals surface area contributed by atoms with Crippen molar-refractivity contribution in [3.05, 3.63) is 53.6 Å². The number of nitrogens with zero attached hydrogens (tertiary/aromatic N) is 2. The first-order valence-electron chi connectivity index (χ1n) is 11.9. The van der Waals surface area contributed by atoms with Gasteiger partial charge < -0.3 is 29.3 Å². The third kappa shape index (κ3) is 6.34. The first-order valence-corrected chi connectivity index (χ1v) is 11.9. The predicted octanol–water partition coefficient (Wildman–Crippen LogP) is 3.30. The summed E-state index contributed by atoms with van der Waals surface area (Å²) in [7, 11) is 4.88. The van der Waals surface area contributed by atoms with Gasteiger partial charge in [-0.25, -0.2) is 0 Å². The number of nitrogens with one attached hydrogen (secondary N) is 1. The van der Waals surface area contributed by atoms with Crippen LogP contribution in [-0.2, 0) is 9.53 Å². The molecule has 1 aliphatic heterocycles. The van der Waals surface area contributed by atoms with Crippen molar-refractivity contribution < 1.29 is 28.6 Å². The molecule has 1 heterocycles. The Labute approximate surface area is 212 Å². The zero-order chi connectivity index (χ0) is 26.4. The summed E-state index contributed by atoms with van der Waals surface area (Å²) in [5, 5.41) is 2.85. The number of rotatable bonds is 4. The van der Waals surface area contributed by atoms with Gasteiger partial charge in [0.15, 0.2) is 0 Å². The van der Waals surface area contributed by atoms with Crippen molar-refractivity contribution in [2.24, 2.45) is 5.92 Å². The molecular weight excluding hydrogens is 462 g/mol. The van der Waals surface area contributed by atoms with Gasteiger partial charge in [0.05, 0.1) is 24.8 Å². The molecule has 0 radical (unpaired) electrons. The van der Waals surface area contributed by atoms with Gasteiger partial charge in [0, 0.05) is 57.4 Å². The molecule has 9 nitrogen and oxygen atoms in total. The number of amides is 3. The summed E-state index contributed by atoms with van der Waals surface area (Å²) in [6, 6.07) is 11.5. The summed E-state index contributed by atoms with van der Waals surface area (Å²) in [5.74, 6) is 0.408. The highest BCUT2D eigenvalue weighted by molar-refractivity contribution is 6.05. The van der Waals surface area contributed by atoms with Crippen LogP contribution in [0.3, 0.4) is 0 Å². The normalized spacial score (nSPS) is 20.9. The van der Waals surface area contributed by atoms with Gasteiger partial charge in [-0.2, -0.15) is 0 Å². The summed E-state index contributed by atoms with van der Waals surface area (Å²) in [5.41, 5.74) is 1.31.